The van der Waals surface area contributed by atoms with Crippen molar-refractivity contribution in [3.8, 4) is 0 Å². The highest BCUT2D eigenvalue weighted by Crippen LogP contribution is 2.09. The van der Waals surface area contributed by atoms with Gasteiger partial charge >= 0.3 is 17.9 Å². The van der Waals surface area contributed by atoms with E-state index in [2.05, 4.69) is 13.2 Å². The molecular weight excluding hydrogens is 340 g/mol. The molecule has 0 aromatic rings. The normalized spacial score (nSPS) is 11.5. The van der Waals surface area contributed by atoms with Gasteiger partial charge in [0, 0.05) is 11.1 Å². The second-order valence-corrected chi connectivity index (χ2v) is 7.58. The molecule has 0 aliphatic carbocycles. The average Bonchev–Trinajstić information content (AvgIpc) is 2.35. The summed E-state index contributed by atoms with van der Waals surface area (Å²) in [5, 5.41) is 15.8. The van der Waals surface area contributed by atoms with Gasteiger partial charge in [-0.05, 0) is 62.3 Å². The fraction of sp³-hybridized carbons (Fsp3) is 0.632. The Bertz CT molecular complexity index is 465. The van der Waals surface area contributed by atoms with Crippen LogP contribution in [0.5, 0.6) is 0 Å². The summed E-state index contributed by atoms with van der Waals surface area (Å²) < 4.78 is 9.92. The second-order valence-electron chi connectivity index (χ2n) is 7.58. The first-order valence-electron chi connectivity index (χ1n) is 7.98. The summed E-state index contributed by atoms with van der Waals surface area (Å²) in [6, 6.07) is 0. The first-order chi connectivity index (χ1) is 11.3. The van der Waals surface area contributed by atoms with Gasteiger partial charge in [-0.25, -0.2) is 14.4 Å². The Kier molecular flexibility index (Phi) is 13.5. The molecule has 0 rings (SSSR count). The summed E-state index contributed by atoms with van der Waals surface area (Å²) >= 11 is 0. The quantitative estimate of drug-likeness (QED) is 0.576. The van der Waals surface area contributed by atoms with Gasteiger partial charge in [0.2, 0.25) is 0 Å². The summed E-state index contributed by atoms with van der Waals surface area (Å²) in [7, 11) is 0. The van der Waals surface area contributed by atoms with Crippen LogP contribution in [0, 0.1) is 0 Å². The molecule has 1 unspecified atom stereocenters. The summed E-state index contributed by atoms with van der Waals surface area (Å²) in [6.45, 7) is 22.4. The molecule has 0 heterocycles. The number of hydrogen-bond donors (Lipinski definition) is 2. The van der Waals surface area contributed by atoms with Gasteiger partial charge in [0.05, 0.1) is 0 Å². The number of aliphatic hydroxyl groups is 1. The van der Waals surface area contributed by atoms with Crippen LogP contribution in [-0.4, -0.2) is 45.4 Å². The molecule has 2 N–H and O–H groups in total. The van der Waals surface area contributed by atoms with E-state index in [-0.39, 0.29) is 11.9 Å². The van der Waals surface area contributed by atoms with Crippen molar-refractivity contribution in [3.63, 3.8) is 0 Å². The van der Waals surface area contributed by atoms with Gasteiger partial charge in [0.1, 0.15) is 17.3 Å². The van der Waals surface area contributed by atoms with E-state index in [4.69, 9.17) is 19.7 Å². The third-order valence-electron chi connectivity index (χ3n) is 1.85. The van der Waals surface area contributed by atoms with Crippen LogP contribution in [0.15, 0.2) is 24.3 Å². The molecular formula is C19H34O7. The maximum absolute atomic E-state index is 10.8. The lowest BCUT2D eigenvalue weighted by molar-refractivity contribution is -0.150. The van der Waals surface area contributed by atoms with Crippen molar-refractivity contribution in [1.29, 1.82) is 0 Å². The molecule has 0 saturated carbocycles. The van der Waals surface area contributed by atoms with E-state index < -0.39 is 23.3 Å². The molecule has 26 heavy (non-hydrogen) atoms. The Morgan fingerprint density at radius 3 is 1.04 bits per heavy atom. The van der Waals surface area contributed by atoms with Crippen LogP contribution >= 0.6 is 0 Å². The molecule has 0 aromatic heterocycles. The summed E-state index contributed by atoms with van der Waals surface area (Å²) in [5.74, 6) is -1.84. The van der Waals surface area contributed by atoms with Crippen molar-refractivity contribution in [1.82, 2.24) is 0 Å². The van der Waals surface area contributed by atoms with Crippen molar-refractivity contribution in [2.24, 2.45) is 0 Å². The van der Waals surface area contributed by atoms with Crippen molar-refractivity contribution in [3.05, 3.63) is 24.3 Å². The number of aliphatic carboxylic acids is 1. The molecule has 7 nitrogen and oxygen atoms in total. The highest BCUT2D eigenvalue weighted by molar-refractivity contribution is 5.87. The minimum atomic E-state index is -1.23. The van der Waals surface area contributed by atoms with E-state index in [9.17, 15) is 14.4 Å². The molecule has 7 heteroatoms. The van der Waals surface area contributed by atoms with E-state index in [1.165, 1.54) is 6.92 Å². The number of hydrogen-bond acceptors (Lipinski definition) is 6. The summed E-state index contributed by atoms with van der Waals surface area (Å²) in [5.41, 5.74) is 0.0661. The van der Waals surface area contributed by atoms with Crippen molar-refractivity contribution >= 4 is 17.9 Å². The van der Waals surface area contributed by atoms with Gasteiger partial charge in [0.25, 0.3) is 0 Å². The van der Waals surface area contributed by atoms with Gasteiger partial charge in [0.15, 0.2) is 0 Å². The van der Waals surface area contributed by atoms with Crippen molar-refractivity contribution in [2.75, 3.05) is 0 Å². The third-order valence-corrected chi connectivity index (χ3v) is 1.85. The first kappa shape index (κ1) is 28.6. The number of rotatable bonds is 3. The number of carbonyl (C=O) groups excluding carboxylic acids is 2. The maximum Gasteiger partial charge on any atom is 0.333 e. The minimum Gasteiger partial charge on any atom is -0.479 e. The van der Waals surface area contributed by atoms with E-state index in [0.717, 1.165) is 0 Å². The van der Waals surface area contributed by atoms with E-state index in [1.54, 1.807) is 13.8 Å². The number of carboxylic acid groups (broad SMARTS) is 1. The minimum absolute atomic E-state index is 0.326. The fourth-order valence-electron chi connectivity index (χ4n) is 0.730. The van der Waals surface area contributed by atoms with Gasteiger partial charge in [-0.15, -0.1) is 0 Å². The molecule has 0 saturated heterocycles. The largest absolute Gasteiger partial charge is 0.479 e. The van der Waals surface area contributed by atoms with Crippen LogP contribution in [0.4, 0.5) is 0 Å². The highest BCUT2D eigenvalue weighted by Gasteiger charge is 2.16. The lowest BCUT2D eigenvalue weighted by Crippen LogP contribution is -2.23. The second kappa shape index (κ2) is 12.2. The zero-order chi connectivity index (χ0) is 21.9. The standard InChI is InChI=1S/2C8H14O2.C3H6O3/c2*1-6(2)7(9)10-8(3,4)5;1-2(4)3(5)6/h2*1H2,2-5H3;2,4H,1H3,(H,5,6). The topological polar surface area (TPSA) is 110 Å². The molecule has 0 aliphatic heterocycles. The van der Waals surface area contributed by atoms with Crippen molar-refractivity contribution in [2.45, 2.75) is 79.6 Å². The predicted molar refractivity (Wildman–Crippen MR) is 101 cm³/mol. The molecule has 0 aromatic carbocycles. The van der Waals surface area contributed by atoms with Gasteiger partial charge in [-0.1, -0.05) is 13.2 Å². The molecule has 0 amide bonds. The van der Waals surface area contributed by atoms with Crippen molar-refractivity contribution < 1.29 is 34.1 Å². The molecule has 152 valence electrons. The van der Waals surface area contributed by atoms with Crippen LogP contribution < -0.4 is 0 Å². The Balaban J connectivity index is -0.000000316. The first-order valence-corrected chi connectivity index (χ1v) is 7.98. The lowest BCUT2D eigenvalue weighted by Gasteiger charge is -2.19. The smallest absolute Gasteiger partial charge is 0.333 e. The molecule has 0 aliphatic rings. The Morgan fingerprint density at radius 2 is 1.00 bits per heavy atom. The van der Waals surface area contributed by atoms with Crippen LogP contribution in [0.1, 0.15) is 62.3 Å². The molecule has 0 spiro atoms. The Labute approximate surface area is 156 Å². The zero-order valence-electron chi connectivity index (χ0n) is 17.4. The fourth-order valence-corrected chi connectivity index (χ4v) is 0.730. The molecule has 0 fully saturated rings. The monoisotopic (exact) mass is 374 g/mol. The number of esters is 2. The number of carboxylic acids is 1. The maximum atomic E-state index is 10.8. The molecule has 0 radical (unpaired) electrons. The Morgan fingerprint density at radius 1 is 0.808 bits per heavy atom. The molecule has 1 atom stereocenters. The van der Waals surface area contributed by atoms with Crippen LogP contribution in [0.3, 0.4) is 0 Å². The highest BCUT2D eigenvalue weighted by atomic mass is 16.6. The number of ether oxygens (including phenoxy) is 2. The lowest BCUT2D eigenvalue weighted by atomic mass is 10.2. The SMILES string of the molecule is C=C(C)C(=O)OC(C)(C)C.C=C(C)C(=O)OC(C)(C)C.CC(O)C(=O)O. The van der Waals surface area contributed by atoms with Gasteiger partial charge in [-0.3, -0.25) is 0 Å². The van der Waals surface area contributed by atoms with Gasteiger partial charge < -0.3 is 19.7 Å². The molecule has 0 bridgehead atoms. The van der Waals surface area contributed by atoms with E-state index in [1.807, 2.05) is 41.5 Å². The average molecular weight is 374 g/mol. The Hall–Kier alpha value is -2.15. The van der Waals surface area contributed by atoms with Gasteiger partial charge in [-0.2, -0.15) is 0 Å². The summed E-state index contributed by atoms with van der Waals surface area (Å²) in [4.78, 5) is 31.1. The van der Waals surface area contributed by atoms with Crippen LogP contribution in [-0.2, 0) is 23.9 Å². The van der Waals surface area contributed by atoms with Crippen LogP contribution in [0.25, 0.3) is 0 Å². The number of aliphatic hydroxyl groups excluding tert-OH is 1. The third kappa shape index (κ3) is 24.1. The van der Waals surface area contributed by atoms with E-state index in [0.29, 0.717) is 11.1 Å². The van der Waals surface area contributed by atoms with Crippen LogP contribution in [0.2, 0.25) is 0 Å². The van der Waals surface area contributed by atoms with E-state index >= 15 is 0 Å². The predicted octanol–water partition coefficient (Wildman–Crippen LogP) is 3.26. The zero-order valence-corrected chi connectivity index (χ0v) is 17.4. The summed E-state index contributed by atoms with van der Waals surface area (Å²) in [6.07, 6.45) is -1.23. The number of carbonyl (C=O) groups is 3.